The van der Waals surface area contributed by atoms with Crippen LogP contribution in [-0.4, -0.2) is 19.2 Å². The van der Waals surface area contributed by atoms with Crippen LogP contribution in [0.2, 0.25) is 5.02 Å². The zero-order valence-electron chi connectivity index (χ0n) is 10.0. The molecule has 3 heteroatoms. The van der Waals surface area contributed by atoms with Gasteiger partial charge in [-0.05, 0) is 37.2 Å². The molecule has 90 valence electrons. The average Bonchev–Trinajstić information content (AvgIpc) is 2.29. The van der Waals surface area contributed by atoms with E-state index in [2.05, 4.69) is 19.2 Å². The van der Waals surface area contributed by atoms with Gasteiger partial charge in [-0.2, -0.15) is 0 Å². The lowest BCUT2D eigenvalue weighted by Gasteiger charge is -2.17. The van der Waals surface area contributed by atoms with Gasteiger partial charge in [-0.1, -0.05) is 31.9 Å². The topological polar surface area (TPSA) is 21.3 Å². The van der Waals surface area contributed by atoms with Gasteiger partial charge in [-0.3, -0.25) is 0 Å². The fourth-order valence-electron chi connectivity index (χ4n) is 1.61. The summed E-state index contributed by atoms with van der Waals surface area (Å²) in [7, 11) is 0. The van der Waals surface area contributed by atoms with E-state index < -0.39 is 0 Å². The lowest BCUT2D eigenvalue weighted by molar-refractivity contribution is 0.257. The Kier molecular flexibility index (Phi) is 6.27. The highest BCUT2D eigenvalue weighted by molar-refractivity contribution is 6.30. The molecule has 0 aromatic heterocycles. The fourth-order valence-corrected chi connectivity index (χ4v) is 1.74. The minimum absolute atomic E-state index is 0.436. The number of halogens is 1. The van der Waals surface area contributed by atoms with Crippen LogP contribution in [0.1, 0.15) is 26.7 Å². The van der Waals surface area contributed by atoms with Crippen molar-refractivity contribution in [3.63, 3.8) is 0 Å². The quantitative estimate of drug-likeness (QED) is 0.789. The third kappa shape index (κ3) is 4.86. The van der Waals surface area contributed by atoms with Crippen molar-refractivity contribution in [1.29, 1.82) is 0 Å². The van der Waals surface area contributed by atoms with E-state index in [0.717, 1.165) is 23.7 Å². The lowest BCUT2D eigenvalue weighted by atomic mass is 10.2. The van der Waals surface area contributed by atoms with Crippen LogP contribution in [0.3, 0.4) is 0 Å². The van der Waals surface area contributed by atoms with Crippen LogP contribution in [0.25, 0.3) is 0 Å². The number of likely N-dealkylation sites (N-methyl/N-ethyl adjacent to an activating group) is 1. The Hall–Kier alpha value is -0.730. The lowest BCUT2D eigenvalue weighted by Crippen LogP contribution is -2.34. The maximum absolute atomic E-state index is 5.81. The molecule has 0 radical (unpaired) electrons. The summed E-state index contributed by atoms with van der Waals surface area (Å²) >= 11 is 5.81. The predicted molar refractivity (Wildman–Crippen MR) is 69.3 cm³/mol. The Labute approximate surface area is 103 Å². The molecule has 0 fully saturated rings. The van der Waals surface area contributed by atoms with Gasteiger partial charge in [0.05, 0.1) is 0 Å². The summed E-state index contributed by atoms with van der Waals surface area (Å²) < 4.78 is 5.71. The van der Waals surface area contributed by atoms with Crippen molar-refractivity contribution in [2.24, 2.45) is 0 Å². The van der Waals surface area contributed by atoms with Gasteiger partial charge in [-0.25, -0.2) is 0 Å². The van der Waals surface area contributed by atoms with Crippen LogP contribution in [0.4, 0.5) is 0 Å². The highest BCUT2D eigenvalue weighted by Crippen LogP contribution is 2.15. The van der Waals surface area contributed by atoms with Gasteiger partial charge < -0.3 is 10.1 Å². The van der Waals surface area contributed by atoms with Gasteiger partial charge in [-0.15, -0.1) is 0 Å². The Balaban J connectivity index is 2.38. The average molecular weight is 242 g/mol. The standard InChI is InChI=1S/C13H20ClNO/c1-3-5-12(15-4-2)10-16-13-8-6-11(14)7-9-13/h6-9,12,15H,3-5,10H2,1-2H3. The van der Waals surface area contributed by atoms with Crippen molar-refractivity contribution in [3.05, 3.63) is 29.3 Å². The van der Waals surface area contributed by atoms with E-state index in [-0.39, 0.29) is 0 Å². The van der Waals surface area contributed by atoms with Gasteiger partial charge in [0, 0.05) is 11.1 Å². The summed E-state index contributed by atoms with van der Waals surface area (Å²) in [4.78, 5) is 0. The van der Waals surface area contributed by atoms with Crippen molar-refractivity contribution in [1.82, 2.24) is 5.32 Å². The summed E-state index contributed by atoms with van der Waals surface area (Å²) in [6.45, 7) is 6.00. The van der Waals surface area contributed by atoms with Gasteiger partial charge in [0.25, 0.3) is 0 Å². The molecule has 1 aromatic carbocycles. The third-order valence-corrected chi connectivity index (χ3v) is 2.65. The van der Waals surface area contributed by atoms with Crippen molar-refractivity contribution in [2.75, 3.05) is 13.2 Å². The summed E-state index contributed by atoms with van der Waals surface area (Å²) in [5.74, 6) is 0.878. The Bertz CT molecular complexity index is 280. The van der Waals surface area contributed by atoms with E-state index in [1.165, 1.54) is 6.42 Å². The fraction of sp³-hybridized carbons (Fsp3) is 0.538. The zero-order chi connectivity index (χ0) is 11.8. The number of hydrogen-bond acceptors (Lipinski definition) is 2. The number of benzene rings is 1. The normalized spacial score (nSPS) is 12.4. The van der Waals surface area contributed by atoms with Gasteiger partial charge in [0.2, 0.25) is 0 Å². The van der Waals surface area contributed by atoms with Crippen LogP contribution >= 0.6 is 11.6 Å². The first-order valence-corrected chi connectivity index (χ1v) is 6.25. The predicted octanol–water partition coefficient (Wildman–Crippen LogP) is 3.50. The molecule has 2 nitrogen and oxygen atoms in total. The van der Waals surface area contributed by atoms with Gasteiger partial charge >= 0.3 is 0 Å². The van der Waals surface area contributed by atoms with Crippen LogP contribution in [0.5, 0.6) is 5.75 Å². The maximum atomic E-state index is 5.81. The minimum Gasteiger partial charge on any atom is -0.492 e. The Morgan fingerprint density at radius 1 is 1.25 bits per heavy atom. The largest absolute Gasteiger partial charge is 0.492 e. The molecule has 1 unspecified atom stereocenters. The molecule has 1 N–H and O–H groups in total. The van der Waals surface area contributed by atoms with E-state index in [9.17, 15) is 0 Å². The minimum atomic E-state index is 0.436. The molecule has 16 heavy (non-hydrogen) atoms. The third-order valence-electron chi connectivity index (χ3n) is 2.39. The van der Waals surface area contributed by atoms with Crippen molar-refractivity contribution in [2.45, 2.75) is 32.7 Å². The van der Waals surface area contributed by atoms with Crippen molar-refractivity contribution >= 4 is 11.6 Å². The number of hydrogen-bond donors (Lipinski definition) is 1. The summed E-state index contributed by atoms with van der Waals surface area (Å²) in [6.07, 6.45) is 2.31. The van der Waals surface area contributed by atoms with Crippen molar-refractivity contribution < 1.29 is 4.74 Å². The van der Waals surface area contributed by atoms with Gasteiger partial charge in [0.1, 0.15) is 12.4 Å². The second-order valence-corrected chi connectivity index (χ2v) is 4.24. The molecular weight excluding hydrogens is 222 g/mol. The molecule has 0 bridgehead atoms. The number of nitrogens with one attached hydrogen (secondary N) is 1. The van der Waals surface area contributed by atoms with Crippen LogP contribution in [0.15, 0.2) is 24.3 Å². The van der Waals surface area contributed by atoms with E-state index in [1.807, 2.05) is 24.3 Å². The van der Waals surface area contributed by atoms with E-state index in [4.69, 9.17) is 16.3 Å². The number of ether oxygens (including phenoxy) is 1. The van der Waals surface area contributed by atoms with Crippen LogP contribution < -0.4 is 10.1 Å². The zero-order valence-corrected chi connectivity index (χ0v) is 10.8. The van der Waals surface area contributed by atoms with Crippen LogP contribution in [-0.2, 0) is 0 Å². The highest BCUT2D eigenvalue weighted by Gasteiger charge is 2.06. The van der Waals surface area contributed by atoms with Crippen LogP contribution in [0, 0.1) is 0 Å². The molecule has 1 atom stereocenters. The molecule has 0 aliphatic heterocycles. The molecular formula is C13H20ClNO. The molecule has 0 spiro atoms. The Morgan fingerprint density at radius 3 is 2.50 bits per heavy atom. The second kappa shape index (κ2) is 7.53. The summed E-state index contributed by atoms with van der Waals surface area (Å²) in [5.41, 5.74) is 0. The highest BCUT2D eigenvalue weighted by atomic mass is 35.5. The summed E-state index contributed by atoms with van der Waals surface area (Å²) in [5, 5.41) is 4.15. The molecule has 0 aliphatic rings. The first-order chi connectivity index (χ1) is 7.76. The smallest absolute Gasteiger partial charge is 0.119 e. The first kappa shape index (κ1) is 13.3. The van der Waals surface area contributed by atoms with E-state index >= 15 is 0 Å². The number of rotatable bonds is 7. The first-order valence-electron chi connectivity index (χ1n) is 5.88. The molecule has 0 amide bonds. The van der Waals surface area contributed by atoms with E-state index in [1.54, 1.807) is 0 Å². The Morgan fingerprint density at radius 2 is 1.94 bits per heavy atom. The molecule has 0 heterocycles. The molecule has 0 saturated heterocycles. The van der Waals surface area contributed by atoms with E-state index in [0.29, 0.717) is 12.6 Å². The molecule has 1 rings (SSSR count). The SMILES string of the molecule is CCCC(COc1ccc(Cl)cc1)NCC. The monoisotopic (exact) mass is 241 g/mol. The van der Waals surface area contributed by atoms with Gasteiger partial charge in [0.15, 0.2) is 0 Å². The summed E-state index contributed by atoms with van der Waals surface area (Å²) in [6, 6.07) is 7.93. The maximum Gasteiger partial charge on any atom is 0.119 e. The second-order valence-electron chi connectivity index (χ2n) is 3.81. The molecule has 0 aliphatic carbocycles. The molecule has 0 saturated carbocycles. The van der Waals surface area contributed by atoms with Crippen molar-refractivity contribution in [3.8, 4) is 5.75 Å². The molecule has 1 aromatic rings.